The Morgan fingerprint density at radius 1 is 1.44 bits per heavy atom. The molecule has 0 aliphatic carbocycles. The number of fused-ring (bicyclic) bond motifs is 1. The molecule has 0 aromatic heterocycles. The zero-order chi connectivity index (χ0) is 13.3. The van der Waals surface area contributed by atoms with Gasteiger partial charge in [-0.15, -0.1) is 0 Å². The van der Waals surface area contributed by atoms with Crippen LogP contribution in [0.3, 0.4) is 0 Å². The first-order valence-corrected chi connectivity index (χ1v) is 6.68. The molecule has 1 aliphatic rings. The van der Waals surface area contributed by atoms with Crippen LogP contribution in [-0.4, -0.2) is 13.0 Å². The van der Waals surface area contributed by atoms with Gasteiger partial charge in [-0.05, 0) is 36.6 Å². The largest absolute Gasteiger partial charge is 0.325 e. The topological polar surface area (TPSA) is 41.1 Å². The number of amides is 1. The van der Waals surface area contributed by atoms with Crippen molar-refractivity contribution >= 4 is 23.2 Å². The second-order valence-corrected chi connectivity index (χ2v) is 5.63. The van der Waals surface area contributed by atoms with E-state index in [1.165, 1.54) is 0 Å². The van der Waals surface area contributed by atoms with Crippen molar-refractivity contribution in [1.82, 2.24) is 5.32 Å². The van der Waals surface area contributed by atoms with E-state index in [9.17, 15) is 4.79 Å². The Labute approximate surface area is 113 Å². The minimum Gasteiger partial charge on any atom is -0.325 e. The molecule has 0 bridgehead atoms. The molecule has 0 fully saturated rings. The molecular weight excluding hydrogens is 248 g/mol. The zero-order valence-corrected chi connectivity index (χ0v) is 11.8. The summed E-state index contributed by atoms with van der Waals surface area (Å²) in [7, 11) is 1.94. The number of rotatable bonds is 4. The lowest BCUT2D eigenvalue weighted by Gasteiger charge is -2.21. The van der Waals surface area contributed by atoms with Gasteiger partial charge in [-0.25, -0.2) is 0 Å². The summed E-state index contributed by atoms with van der Waals surface area (Å²) in [5, 5.41) is 6.84. The summed E-state index contributed by atoms with van der Waals surface area (Å²) in [5.74, 6) is 0.634. The van der Waals surface area contributed by atoms with E-state index in [-0.39, 0.29) is 11.9 Å². The SMILES string of the molecule is CNC(CC(C)C)c1cc2c(cc1Cl)NC(=O)C2. The monoisotopic (exact) mass is 266 g/mol. The van der Waals surface area contributed by atoms with Gasteiger partial charge in [0.2, 0.25) is 5.91 Å². The van der Waals surface area contributed by atoms with Gasteiger partial charge in [0.25, 0.3) is 0 Å². The third-order valence-corrected chi connectivity index (χ3v) is 3.61. The molecule has 0 saturated carbocycles. The predicted molar refractivity (Wildman–Crippen MR) is 75.0 cm³/mol. The van der Waals surface area contributed by atoms with Crippen LogP contribution in [0.5, 0.6) is 0 Å². The van der Waals surface area contributed by atoms with E-state index in [0.29, 0.717) is 12.3 Å². The van der Waals surface area contributed by atoms with Crippen LogP contribution in [0.15, 0.2) is 12.1 Å². The fourth-order valence-corrected chi connectivity index (χ4v) is 2.70. The van der Waals surface area contributed by atoms with Gasteiger partial charge in [-0.1, -0.05) is 31.5 Å². The van der Waals surface area contributed by atoms with Gasteiger partial charge >= 0.3 is 0 Å². The molecule has 1 aromatic carbocycles. The average molecular weight is 267 g/mol. The summed E-state index contributed by atoms with van der Waals surface area (Å²) >= 11 is 6.32. The lowest BCUT2D eigenvalue weighted by molar-refractivity contribution is -0.115. The number of hydrogen-bond donors (Lipinski definition) is 2. The summed E-state index contributed by atoms with van der Waals surface area (Å²) in [6.45, 7) is 4.38. The highest BCUT2D eigenvalue weighted by atomic mass is 35.5. The van der Waals surface area contributed by atoms with Crippen molar-refractivity contribution in [3.05, 3.63) is 28.3 Å². The summed E-state index contributed by atoms with van der Waals surface area (Å²) in [4.78, 5) is 11.4. The number of hydrogen-bond acceptors (Lipinski definition) is 2. The van der Waals surface area contributed by atoms with Crippen LogP contribution in [0.25, 0.3) is 0 Å². The van der Waals surface area contributed by atoms with Crippen LogP contribution in [0.2, 0.25) is 5.02 Å². The van der Waals surface area contributed by atoms with Crippen molar-refractivity contribution < 1.29 is 4.79 Å². The molecule has 1 amide bonds. The minimum atomic E-state index is 0.0445. The Bertz CT molecular complexity index is 471. The van der Waals surface area contributed by atoms with Crippen molar-refractivity contribution in [2.24, 2.45) is 5.92 Å². The zero-order valence-electron chi connectivity index (χ0n) is 11.0. The molecule has 1 aromatic rings. The normalized spacial score (nSPS) is 15.7. The molecule has 4 heteroatoms. The third kappa shape index (κ3) is 2.68. The smallest absolute Gasteiger partial charge is 0.228 e. The molecule has 0 spiro atoms. The second-order valence-electron chi connectivity index (χ2n) is 5.23. The van der Waals surface area contributed by atoms with E-state index < -0.39 is 0 Å². The maximum Gasteiger partial charge on any atom is 0.228 e. The van der Waals surface area contributed by atoms with Crippen LogP contribution in [0.4, 0.5) is 5.69 Å². The van der Waals surface area contributed by atoms with Crippen LogP contribution in [0, 0.1) is 5.92 Å². The van der Waals surface area contributed by atoms with Gasteiger partial charge in [-0.3, -0.25) is 4.79 Å². The number of nitrogens with one attached hydrogen (secondary N) is 2. The molecule has 18 heavy (non-hydrogen) atoms. The molecule has 1 aliphatic heterocycles. The van der Waals surface area contributed by atoms with E-state index >= 15 is 0 Å². The molecule has 0 radical (unpaired) electrons. The molecule has 98 valence electrons. The number of carbonyl (C=O) groups is 1. The lowest BCUT2D eigenvalue weighted by atomic mass is 9.95. The number of halogens is 1. The Balaban J connectivity index is 2.33. The third-order valence-electron chi connectivity index (χ3n) is 3.28. The molecular formula is C14H19ClN2O. The predicted octanol–water partition coefficient (Wildman–Crippen LogP) is 3.14. The molecule has 0 saturated heterocycles. The molecule has 3 nitrogen and oxygen atoms in total. The summed E-state index contributed by atoms with van der Waals surface area (Å²) in [6, 6.07) is 4.15. The van der Waals surface area contributed by atoms with Gasteiger partial charge in [-0.2, -0.15) is 0 Å². The highest BCUT2D eigenvalue weighted by molar-refractivity contribution is 6.32. The highest BCUT2D eigenvalue weighted by Crippen LogP contribution is 2.34. The van der Waals surface area contributed by atoms with Crippen LogP contribution >= 0.6 is 11.6 Å². The Kier molecular flexibility index (Phi) is 3.93. The van der Waals surface area contributed by atoms with Crippen LogP contribution < -0.4 is 10.6 Å². The highest BCUT2D eigenvalue weighted by Gasteiger charge is 2.22. The maximum atomic E-state index is 11.4. The lowest BCUT2D eigenvalue weighted by Crippen LogP contribution is -2.18. The first-order chi connectivity index (χ1) is 8.51. The minimum absolute atomic E-state index is 0.0445. The molecule has 2 N–H and O–H groups in total. The van der Waals surface area contributed by atoms with Gasteiger partial charge < -0.3 is 10.6 Å². The quantitative estimate of drug-likeness (QED) is 0.879. The molecule has 1 atom stereocenters. The van der Waals surface area contributed by atoms with E-state index in [2.05, 4.69) is 30.5 Å². The summed E-state index contributed by atoms with van der Waals surface area (Å²) in [5.41, 5.74) is 2.99. The van der Waals surface area contributed by atoms with Crippen molar-refractivity contribution in [3.8, 4) is 0 Å². The first kappa shape index (κ1) is 13.4. The van der Waals surface area contributed by atoms with Gasteiger partial charge in [0.05, 0.1) is 6.42 Å². The average Bonchev–Trinajstić information content (AvgIpc) is 2.64. The van der Waals surface area contributed by atoms with E-state index in [0.717, 1.165) is 28.3 Å². The molecule has 2 rings (SSSR count). The van der Waals surface area contributed by atoms with Gasteiger partial charge in [0.1, 0.15) is 0 Å². The standard InChI is InChI=1S/C14H19ClN2O/c1-8(2)4-13(16-3)10-5-9-6-14(18)17-12(9)7-11(10)15/h5,7-8,13,16H,4,6H2,1-3H3,(H,17,18). The Morgan fingerprint density at radius 2 is 2.17 bits per heavy atom. The van der Waals surface area contributed by atoms with Crippen molar-refractivity contribution in [3.63, 3.8) is 0 Å². The first-order valence-electron chi connectivity index (χ1n) is 6.30. The van der Waals surface area contributed by atoms with Crippen molar-refractivity contribution in [2.45, 2.75) is 32.7 Å². The van der Waals surface area contributed by atoms with Crippen molar-refractivity contribution in [1.29, 1.82) is 0 Å². The van der Waals surface area contributed by atoms with Crippen LogP contribution in [-0.2, 0) is 11.2 Å². The fourth-order valence-electron chi connectivity index (χ4n) is 2.41. The number of anilines is 1. The summed E-state index contributed by atoms with van der Waals surface area (Å²) < 4.78 is 0. The second kappa shape index (κ2) is 5.29. The molecule has 1 heterocycles. The Morgan fingerprint density at radius 3 is 2.78 bits per heavy atom. The van der Waals surface area contributed by atoms with Crippen molar-refractivity contribution in [2.75, 3.05) is 12.4 Å². The van der Waals surface area contributed by atoms with Gasteiger partial charge in [0, 0.05) is 16.8 Å². The summed E-state index contributed by atoms with van der Waals surface area (Å²) in [6.07, 6.45) is 1.48. The van der Waals surface area contributed by atoms with E-state index in [1.54, 1.807) is 0 Å². The Hall–Kier alpha value is -1.06. The molecule has 1 unspecified atom stereocenters. The fraction of sp³-hybridized carbons (Fsp3) is 0.500. The number of carbonyl (C=O) groups excluding carboxylic acids is 1. The number of benzene rings is 1. The van der Waals surface area contributed by atoms with E-state index in [4.69, 9.17) is 11.6 Å². The van der Waals surface area contributed by atoms with E-state index in [1.807, 2.05) is 13.1 Å². The maximum absolute atomic E-state index is 11.4. The van der Waals surface area contributed by atoms with Gasteiger partial charge in [0.15, 0.2) is 0 Å². The van der Waals surface area contributed by atoms with Crippen LogP contribution in [0.1, 0.15) is 37.4 Å².